The van der Waals surface area contributed by atoms with Crippen LogP contribution in [0.15, 0.2) is 186 Å². The lowest BCUT2D eigenvalue weighted by atomic mass is 9.99. The zero-order valence-corrected chi connectivity index (χ0v) is 75.5. The summed E-state index contributed by atoms with van der Waals surface area (Å²) in [6.07, 6.45) is 12.5. The van der Waals surface area contributed by atoms with E-state index in [0.29, 0.717) is 153 Å². The smallest absolute Gasteiger partial charge is 0.410 e. The molecule has 0 aliphatic carbocycles. The summed E-state index contributed by atoms with van der Waals surface area (Å²) in [5.41, 5.74) is 16.8. The maximum atomic E-state index is 13.1. The van der Waals surface area contributed by atoms with E-state index in [2.05, 4.69) is 120 Å². The van der Waals surface area contributed by atoms with Crippen LogP contribution in [0, 0.1) is 0 Å². The number of fused-ring (bicyclic) bond motifs is 7. The topological polar surface area (TPSA) is 405 Å². The van der Waals surface area contributed by atoms with Crippen LogP contribution in [0.4, 0.5) is 33.8 Å². The Morgan fingerprint density at radius 2 is 0.976 bits per heavy atom. The summed E-state index contributed by atoms with van der Waals surface area (Å²) in [4.78, 5) is 120. The predicted octanol–water partition coefficient (Wildman–Crippen LogP) is 12.3. The van der Waals surface area contributed by atoms with Gasteiger partial charge in [-0.3, -0.25) is 33.9 Å². The number of nitrogens with one attached hydrogen (secondary N) is 4. The maximum Gasteiger partial charge on any atom is 0.410 e. The average molecular weight is 1830 g/mol. The summed E-state index contributed by atoms with van der Waals surface area (Å²) >= 11 is 6.09. The number of hydrogen-bond donors (Lipinski definition) is 5. The molecule has 656 valence electrons. The molecule has 6 N–H and O–H groups in total. The number of carbonyl (C=O) groups is 1. The van der Waals surface area contributed by atoms with E-state index in [-0.39, 0.29) is 40.7 Å². The van der Waals surface area contributed by atoms with E-state index in [4.69, 9.17) is 29.4 Å². The maximum absolute atomic E-state index is 13.1. The molecular formula is C86H96BrClN26O10S2. The van der Waals surface area contributed by atoms with Crippen molar-refractivity contribution in [2.24, 2.45) is 0 Å². The van der Waals surface area contributed by atoms with Crippen molar-refractivity contribution in [1.29, 1.82) is 0 Å². The van der Waals surface area contributed by atoms with Crippen molar-refractivity contribution < 1.29 is 28.5 Å². The first-order chi connectivity index (χ1) is 60.5. The van der Waals surface area contributed by atoms with E-state index in [0.717, 1.165) is 72.7 Å². The Morgan fingerprint density at radius 3 is 1.49 bits per heavy atom. The number of aromatic amines is 1. The summed E-state index contributed by atoms with van der Waals surface area (Å²) < 4.78 is 39.2. The number of ether oxygens (including phenoxy) is 5. The van der Waals surface area contributed by atoms with E-state index in [1.165, 1.54) is 62.2 Å². The number of H-pyrrole nitrogens is 1. The van der Waals surface area contributed by atoms with Crippen molar-refractivity contribution in [2.45, 2.75) is 129 Å². The highest BCUT2D eigenvalue weighted by molar-refractivity contribution is 9.10. The van der Waals surface area contributed by atoms with Crippen LogP contribution >= 0.6 is 51.9 Å². The first-order valence-corrected chi connectivity index (χ1v) is 43.6. The Morgan fingerprint density at radius 1 is 0.508 bits per heavy atom. The number of benzene rings is 3. The molecule has 3 aliphatic rings. The number of amides is 1. The van der Waals surface area contributed by atoms with Crippen LogP contribution in [0.5, 0.6) is 23.5 Å². The van der Waals surface area contributed by atoms with Crippen LogP contribution in [-0.2, 0) is 69.8 Å². The molecule has 3 aromatic carbocycles. The van der Waals surface area contributed by atoms with Gasteiger partial charge < -0.3 is 50.3 Å². The highest BCUT2D eigenvalue weighted by Gasteiger charge is 2.28. The average Bonchev–Trinajstić information content (AvgIpc) is 1.61. The summed E-state index contributed by atoms with van der Waals surface area (Å²) in [6, 6.07) is 40.2. The van der Waals surface area contributed by atoms with Gasteiger partial charge >= 0.3 is 6.09 Å². The van der Waals surface area contributed by atoms with Crippen molar-refractivity contribution in [3.8, 4) is 41.0 Å². The number of rotatable bonds is 19. The summed E-state index contributed by atoms with van der Waals surface area (Å²) in [5, 5.41) is 15.9. The van der Waals surface area contributed by atoms with Crippen LogP contribution in [0.2, 0.25) is 0 Å². The Balaban J connectivity index is 0.000000143. The molecule has 0 bridgehead atoms. The monoisotopic (exact) mass is 1830 g/mol. The van der Waals surface area contributed by atoms with E-state index in [1.54, 1.807) is 97.2 Å². The number of aromatic nitrogens is 20. The summed E-state index contributed by atoms with van der Waals surface area (Å²) in [6.45, 7) is 20.2. The molecule has 15 aromatic rings. The number of nitrogens with zero attached hydrogens (tertiary/aromatic N) is 21. The molecule has 36 nitrogen and oxygen atoms in total. The number of nitrogens with two attached hydrogens (primary N) is 1. The van der Waals surface area contributed by atoms with Gasteiger partial charge in [-0.05, 0) is 197 Å². The van der Waals surface area contributed by atoms with E-state index in [1.807, 2.05) is 146 Å². The first-order valence-electron chi connectivity index (χ1n) is 40.3. The number of carbonyl (C=O) groups excluding carboxylic acids is 1. The number of anilines is 5. The summed E-state index contributed by atoms with van der Waals surface area (Å²) in [7, 11) is 4.70. The lowest BCUT2D eigenvalue weighted by Crippen LogP contribution is -2.39. The van der Waals surface area contributed by atoms with Crippen LogP contribution in [-0.4, -0.2) is 179 Å². The molecule has 0 radical (unpaired) electrons. The van der Waals surface area contributed by atoms with Gasteiger partial charge in [0, 0.05) is 125 Å². The van der Waals surface area contributed by atoms with Gasteiger partial charge in [0.1, 0.15) is 38.5 Å². The number of aryl methyl sites for hydroxylation is 1. The summed E-state index contributed by atoms with van der Waals surface area (Å²) in [5.74, 6) is 4.40. The SMILES string of the molecule is CCn1[nH]c2nc(SC)ncc2c1=O.CCn1c(=O)c2cnc(Nc3ccc4c(c3)CN(C(=O)OC(C)(C)C)CC4)nc2n1-c1cccc(OC)n1.CCn1c(=O)c2cnc(Nc3ccc4c(c3)CNCC4)nc2n1-c1cccc(OC)n1.CCn1c(=O)c2cnc(SC)nc2n1-c1cccc(OCN2CCc3ccc(N)cc3C2)n1.COc1cccc(Br)n1.Cl. The van der Waals surface area contributed by atoms with Crippen LogP contribution in [0.1, 0.15) is 81.8 Å². The molecule has 0 atom stereocenters. The van der Waals surface area contributed by atoms with E-state index < -0.39 is 5.60 Å². The number of pyridine rings is 4. The van der Waals surface area contributed by atoms with Gasteiger partial charge in [0.25, 0.3) is 22.2 Å². The van der Waals surface area contributed by atoms with Crippen molar-refractivity contribution >= 4 is 131 Å². The molecule has 1 amide bonds. The van der Waals surface area contributed by atoms with Gasteiger partial charge in [-0.2, -0.15) is 24.9 Å². The quantitative estimate of drug-likeness (QED) is 0.0217. The second-order valence-electron chi connectivity index (χ2n) is 29.5. The minimum absolute atomic E-state index is 0. The third kappa shape index (κ3) is 20.6. The Kier molecular flexibility index (Phi) is 29.3. The third-order valence-electron chi connectivity index (χ3n) is 20.4. The molecule has 0 saturated carbocycles. The van der Waals surface area contributed by atoms with Crippen LogP contribution in [0.25, 0.3) is 61.6 Å². The second-order valence-corrected chi connectivity index (χ2v) is 31.9. The molecule has 0 fully saturated rings. The lowest BCUT2D eigenvalue weighted by molar-refractivity contribution is 0.0224. The van der Waals surface area contributed by atoms with Gasteiger partial charge in [-0.15, -0.1) is 12.4 Å². The van der Waals surface area contributed by atoms with Gasteiger partial charge in [-0.1, -0.05) is 66.0 Å². The normalized spacial score (nSPS) is 12.8. The largest absolute Gasteiger partial charge is 0.481 e. The van der Waals surface area contributed by atoms with Gasteiger partial charge in [0.15, 0.2) is 50.4 Å². The highest BCUT2D eigenvalue weighted by Crippen LogP contribution is 2.30. The molecular weight excluding hydrogens is 1740 g/mol. The fraction of sp³-hybridized carbons (Fsp3) is 0.314. The van der Waals surface area contributed by atoms with E-state index >= 15 is 0 Å². The minimum Gasteiger partial charge on any atom is -0.481 e. The minimum atomic E-state index is -0.547. The lowest BCUT2D eigenvalue weighted by Gasteiger charge is -2.31. The number of halogens is 2. The standard InChI is InChI=1S/C27H31N7O4.C23H25N7O2S.C22H23N7O2.C8H10N4OS.C6H6BrNO.ClH/c1-6-33-24(35)20-15-28-25(31-23(20)34(33)21-8-7-9-22(30-21)37-5)29-19-11-10-17-12-13-32(16-18(17)14-19)26(36)38-27(2,3)4;1-3-29-22(31)18-12-25-23(33-2)27-21(18)30(29)19-5-4-6-20(26-19)32-14-28-10-9-15-7-8-17(24)11-16(15)13-28;1-3-28-21(30)17-13-24-22(25-16-8-7-14-9-10-23-12-15(14)11-16)27-20(17)29(28)18-5-4-6-19(26-18)31-2;1-3-12-7(13)5-4-9-8(14-2)10-6(5)11-12;1-9-6-4-2-3-5(7)8-6;/h7-11,14-15H,6,12-13,16H2,1-5H3,(H,28,29,31);4-8,11-12H,3,9-10,13-14,24H2,1-2H3;4-8,11,13,23H,3,9-10,12H2,1-2H3,(H,24,25,27);4H,3H2,1-2H3,(H,9,10,11);2-4H,1H3;1H. The zero-order chi connectivity index (χ0) is 88.2. The Bertz CT molecular complexity index is 6700. The zero-order valence-electron chi connectivity index (χ0n) is 71.5. The van der Waals surface area contributed by atoms with Crippen molar-refractivity contribution in [3.63, 3.8) is 0 Å². The van der Waals surface area contributed by atoms with E-state index in [9.17, 15) is 24.0 Å². The molecule has 126 heavy (non-hydrogen) atoms. The molecule has 40 heteroatoms. The molecule has 12 aromatic heterocycles. The predicted molar refractivity (Wildman–Crippen MR) is 492 cm³/mol. The van der Waals surface area contributed by atoms with Gasteiger partial charge in [-0.25, -0.2) is 67.8 Å². The van der Waals surface area contributed by atoms with Gasteiger partial charge in [0.2, 0.25) is 35.4 Å². The Hall–Kier alpha value is -13.1. The molecule has 0 saturated heterocycles. The molecule has 0 unspecified atom stereocenters. The highest BCUT2D eigenvalue weighted by atomic mass is 79.9. The van der Waals surface area contributed by atoms with Crippen LogP contribution in [0.3, 0.4) is 0 Å². The Labute approximate surface area is 746 Å². The second kappa shape index (κ2) is 40.7. The number of methoxy groups -OCH3 is 3. The fourth-order valence-electron chi connectivity index (χ4n) is 14.3. The van der Waals surface area contributed by atoms with Crippen LogP contribution < -0.4 is 62.9 Å². The van der Waals surface area contributed by atoms with Crippen molar-refractivity contribution in [1.82, 2.24) is 113 Å². The first kappa shape index (κ1) is 90.6. The number of hydrogen-bond acceptors (Lipinski definition) is 29. The molecule has 0 spiro atoms. The number of nitrogen functional groups attached to an aromatic ring is 1. The molecule has 18 rings (SSSR count). The molecule has 3 aliphatic heterocycles. The van der Waals surface area contributed by atoms with Gasteiger partial charge in [0.05, 0.1) is 21.3 Å². The fourth-order valence-corrected chi connectivity index (χ4v) is 15.3. The van der Waals surface area contributed by atoms with Crippen molar-refractivity contribution in [3.05, 3.63) is 232 Å². The molecule has 15 heterocycles. The third-order valence-corrected chi connectivity index (χ3v) is 21.9. The number of thioether (sulfide) groups is 2. The van der Waals surface area contributed by atoms with Crippen molar-refractivity contribution in [2.75, 3.05) is 76.6 Å².